The number of rotatable bonds is 8. The van der Waals surface area contributed by atoms with Gasteiger partial charge in [0.05, 0.1) is 14.1 Å². The zero-order valence-corrected chi connectivity index (χ0v) is 9.80. The largest absolute Gasteiger partial charge is 0.459 e. The molecule has 0 aromatic carbocycles. The lowest BCUT2D eigenvalue weighted by molar-refractivity contribution is -0.895. The van der Waals surface area contributed by atoms with E-state index in [1.807, 2.05) is 27.9 Å². The van der Waals surface area contributed by atoms with Crippen molar-refractivity contribution in [3.8, 4) is 0 Å². The molecule has 88 valence electrons. The average Bonchev–Trinajstić information content (AvgIpc) is 2.01. The highest BCUT2D eigenvalue weighted by molar-refractivity contribution is 5.37. The molecule has 0 aliphatic carbocycles. The molecule has 0 aliphatic rings. The Hall–Kier alpha value is -1.10. The van der Waals surface area contributed by atoms with Crippen LogP contribution in [0, 0.1) is 0 Å². The lowest BCUT2D eigenvalue weighted by Crippen LogP contribution is -2.49. The fraction of sp³-hybridized carbons (Fsp3) is 0.800. The van der Waals surface area contributed by atoms with E-state index in [4.69, 9.17) is 9.47 Å². The van der Waals surface area contributed by atoms with Gasteiger partial charge in [-0.25, -0.2) is 0 Å². The smallest absolute Gasteiger partial charge is 0.293 e. The van der Waals surface area contributed by atoms with Gasteiger partial charge in [-0.15, -0.1) is 0 Å². The molecule has 5 nitrogen and oxygen atoms in total. The molecule has 0 saturated heterocycles. The summed E-state index contributed by atoms with van der Waals surface area (Å²) in [5.41, 5.74) is 0. The van der Waals surface area contributed by atoms with Crippen molar-refractivity contribution in [2.75, 3.05) is 27.2 Å². The number of likely N-dealkylation sites (N-methyl/N-ethyl adjacent to an activating group) is 1. The number of hydrogen-bond acceptors (Lipinski definition) is 4. The van der Waals surface area contributed by atoms with E-state index in [9.17, 15) is 9.59 Å². The van der Waals surface area contributed by atoms with Crippen LogP contribution >= 0.6 is 0 Å². The summed E-state index contributed by atoms with van der Waals surface area (Å²) in [6, 6.07) is 0. The fourth-order valence-electron chi connectivity index (χ4n) is 1.74. The van der Waals surface area contributed by atoms with Gasteiger partial charge in [-0.3, -0.25) is 9.59 Å². The van der Waals surface area contributed by atoms with Crippen LogP contribution in [0.4, 0.5) is 0 Å². The number of hydrogen-bond donors (Lipinski definition) is 0. The molecular formula is C10H20NO4+. The van der Waals surface area contributed by atoms with Crippen LogP contribution in [0.2, 0.25) is 0 Å². The van der Waals surface area contributed by atoms with Gasteiger partial charge in [0.25, 0.3) is 12.9 Å². The van der Waals surface area contributed by atoms with Crippen LogP contribution in [0.1, 0.15) is 13.8 Å². The van der Waals surface area contributed by atoms with Crippen LogP contribution in [0.15, 0.2) is 0 Å². The molecule has 0 radical (unpaired) electrons. The van der Waals surface area contributed by atoms with E-state index in [0.717, 1.165) is 0 Å². The zero-order valence-electron chi connectivity index (χ0n) is 9.80. The first-order valence-electron chi connectivity index (χ1n) is 4.91. The van der Waals surface area contributed by atoms with Crippen LogP contribution in [0.5, 0.6) is 0 Å². The van der Waals surface area contributed by atoms with Gasteiger partial charge >= 0.3 is 0 Å². The van der Waals surface area contributed by atoms with Gasteiger partial charge in [-0.2, -0.15) is 0 Å². The number of carbonyl (C=O) groups excluding carboxylic acids is 2. The van der Waals surface area contributed by atoms with Crippen LogP contribution in [-0.2, 0) is 19.1 Å². The summed E-state index contributed by atoms with van der Waals surface area (Å²) in [5.74, 6) is 0. The summed E-state index contributed by atoms with van der Waals surface area (Å²) < 4.78 is 10.3. The molecule has 5 heteroatoms. The molecule has 0 N–H and O–H groups in total. The van der Waals surface area contributed by atoms with Gasteiger partial charge in [0.15, 0.2) is 0 Å². The maximum absolute atomic E-state index is 10.1. The van der Waals surface area contributed by atoms with Gasteiger partial charge in [0.2, 0.25) is 0 Å². The first-order chi connectivity index (χ1) is 6.91. The molecule has 0 aliphatic heterocycles. The Balaban J connectivity index is 4.04. The minimum absolute atomic E-state index is 0.138. The van der Waals surface area contributed by atoms with Crippen molar-refractivity contribution >= 4 is 12.9 Å². The van der Waals surface area contributed by atoms with E-state index in [1.165, 1.54) is 0 Å². The second kappa shape index (κ2) is 6.40. The topological polar surface area (TPSA) is 52.6 Å². The molecule has 0 bridgehead atoms. The van der Waals surface area contributed by atoms with Gasteiger partial charge in [0.1, 0.15) is 25.3 Å². The van der Waals surface area contributed by atoms with Gasteiger partial charge in [-0.1, -0.05) is 0 Å². The number of quaternary nitrogens is 1. The quantitative estimate of drug-likeness (QED) is 0.431. The van der Waals surface area contributed by atoms with Crippen LogP contribution in [-0.4, -0.2) is 56.8 Å². The highest BCUT2D eigenvalue weighted by Crippen LogP contribution is 2.05. The molecule has 15 heavy (non-hydrogen) atoms. The Bertz CT molecular complexity index is 186. The predicted octanol–water partition coefficient (Wildman–Crippen LogP) is 0.186. The van der Waals surface area contributed by atoms with Crippen molar-refractivity contribution in [1.29, 1.82) is 0 Å². The Morgan fingerprint density at radius 1 is 1.00 bits per heavy atom. The van der Waals surface area contributed by atoms with E-state index in [2.05, 4.69) is 0 Å². The zero-order chi connectivity index (χ0) is 11.9. The number of ether oxygens (including phenoxy) is 2. The summed E-state index contributed by atoms with van der Waals surface area (Å²) in [7, 11) is 3.99. The minimum Gasteiger partial charge on any atom is -0.459 e. The minimum atomic E-state index is -0.138. The lowest BCUT2D eigenvalue weighted by Gasteiger charge is -2.33. The van der Waals surface area contributed by atoms with Crippen molar-refractivity contribution < 1.29 is 23.5 Å². The molecule has 0 fully saturated rings. The molecule has 0 saturated carbocycles. The summed E-state index contributed by atoms with van der Waals surface area (Å²) in [6.45, 7) is 5.95. The van der Waals surface area contributed by atoms with E-state index in [1.54, 1.807) is 0 Å². The third kappa shape index (κ3) is 6.90. The highest BCUT2D eigenvalue weighted by atomic mass is 16.5. The van der Waals surface area contributed by atoms with E-state index < -0.39 is 0 Å². The Kier molecular flexibility index (Phi) is 5.93. The standard InChI is InChI=1S/C10H20NO4/c1-9(14-7-12)5-11(3,4)6-10(2)15-8-13/h7-10H,5-6H2,1-4H3/q+1. The number of carbonyl (C=O) groups is 2. The highest BCUT2D eigenvalue weighted by Gasteiger charge is 2.23. The van der Waals surface area contributed by atoms with Gasteiger partial charge in [0, 0.05) is 0 Å². The molecule has 0 amide bonds. The van der Waals surface area contributed by atoms with Crippen LogP contribution in [0.3, 0.4) is 0 Å². The summed E-state index contributed by atoms with van der Waals surface area (Å²) in [5, 5.41) is 0. The summed E-state index contributed by atoms with van der Waals surface area (Å²) >= 11 is 0. The third-order valence-electron chi connectivity index (χ3n) is 2.08. The fourth-order valence-corrected chi connectivity index (χ4v) is 1.74. The normalized spacial score (nSPS) is 15.2. The Labute approximate surface area is 90.5 Å². The molecule has 2 atom stereocenters. The summed E-state index contributed by atoms with van der Waals surface area (Å²) in [4.78, 5) is 20.3. The molecular weight excluding hydrogens is 198 g/mol. The second-order valence-electron chi connectivity index (χ2n) is 4.39. The molecule has 0 aromatic heterocycles. The van der Waals surface area contributed by atoms with Gasteiger partial charge in [-0.05, 0) is 13.8 Å². The van der Waals surface area contributed by atoms with Crippen molar-refractivity contribution in [1.82, 2.24) is 0 Å². The SMILES string of the molecule is CC(C[N+](C)(C)CC(C)OC=O)OC=O. The van der Waals surface area contributed by atoms with Crippen LogP contribution < -0.4 is 0 Å². The molecule has 0 rings (SSSR count). The molecule has 0 spiro atoms. The lowest BCUT2D eigenvalue weighted by atomic mass is 10.3. The van der Waals surface area contributed by atoms with Gasteiger partial charge < -0.3 is 14.0 Å². The average molecular weight is 218 g/mol. The second-order valence-corrected chi connectivity index (χ2v) is 4.39. The van der Waals surface area contributed by atoms with Crippen molar-refractivity contribution in [2.24, 2.45) is 0 Å². The number of nitrogens with zero attached hydrogens (tertiary/aromatic N) is 1. The maximum atomic E-state index is 10.1. The van der Waals surface area contributed by atoms with Crippen molar-refractivity contribution in [3.05, 3.63) is 0 Å². The molecule has 0 heterocycles. The Morgan fingerprint density at radius 2 is 1.33 bits per heavy atom. The van der Waals surface area contributed by atoms with E-state index >= 15 is 0 Å². The van der Waals surface area contributed by atoms with Crippen molar-refractivity contribution in [2.45, 2.75) is 26.1 Å². The first-order valence-corrected chi connectivity index (χ1v) is 4.91. The maximum Gasteiger partial charge on any atom is 0.293 e. The predicted molar refractivity (Wildman–Crippen MR) is 55.1 cm³/mol. The van der Waals surface area contributed by atoms with Crippen molar-refractivity contribution in [3.63, 3.8) is 0 Å². The van der Waals surface area contributed by atoms with E-state index in [-0.39, 0.29) is 12.2 Å². The summed E-state index contributed by atoms with van der Waals surface area (Å²) in [6.07, 6.45) is -0.276. The monoisotopic (exact) mass is 218 g/mol. The third-order valence-corrected chi connectivity index (χ3v) is 2.08. The van der Waals surface area contributed by atoms with E-state index in [0.29, 0.717) is 30.5 Å². The Morgan fingerprint density at radius 3 is 1.60 bits per heavy atom. The molecule has 0 aromatic rings. The molecule has 2 unspecified atom stereocenters. The van der Waals surface area contributed by atoms with Crippen LogP contribution in [0.25, 0.3) is 0 Å². The first kappa shape index (κ1) is 13.9.